The summed E-state index contributed by atoms with van der Waals surface area (Å²) in [4.78, 5) is 0. The van der Waals surface area contributed by atoms with Crippen molar-refractivity contribution in [2.24, 2.45) is 0 Å². The Morgan fingerprint density at radius 1 is 0.917 bits per heavy atom. The van der Waals surface area contributed by atoms with Gasteiger partial charge >= 0.3 is 0 Å². The maximum atomic E-state index is 9.38. The molecule has 0 saturated heterocycles. The number of nitrogens with zero attached hydrogens (tertiary/aromatic N) is 2. The molecule has 4 heteroatoms. The molecule has 0 bridgehead atoms. The van der Waals surface area contributed by atoms with E-state index in [0.29, 0.717) is 27.7 Å². The lowest BCUT2D eigenvalue weighted by atomic mass is 10.0. The summed E-state index contributed by atoms with van der Waals surface area (Å²) in [7, 11) is 0. The van der Waals surface area contributed by atoms with Crippen LogP contribution >= 0.6 is 11.6 Å². The Morgan fingerprint density at radius 3 is 2.25 bits per heavy atom. The van der Waals surface area contributed by atoms with E-state index in [1.165, 1.54) is 0 Å². The molecule has 0 saturated carbocycles. The van der Waals surface area contributed by atoms with Crippen LogP contribution in [0.15, 0.2) is 65.1 Å². The number of rotatable bonds is 3. The molecule has 0 amide bonds. The topological polar surface area (TPSA) is 60.7 Å². The molecule has 1 heterocycles. The van der Waals surface area contributed by atoms with Gasteiger partial charge in [-0.1, -0.05) is 23.7 Å². The third-order valence-electron chi connectivity index (χ3n) is 3.49. The molecule has 1 aromatic heterocycles. The Hall–Kier alpha value is -3.27. The van der Waals surface area contributed by atoms with Gasteiger partial charge in [0.05, 0.1) is 23.3 Å². The zero-order valence-electron chi connectivity index (χ0n) is 12.5. The third-order valence-corrected chi connectivity index (χ3v) is 3.74. The lowest BCUT2D eigenvalue weighted by molar-refractivity contribution is 0.572. The van der Waals surface area contributed by atoms with Crippen molar-refractivity contribution in [1.82, 2.24) is 0 Å². The zero-order valence-corrected chi connectivity index (χ0v) is 13.3. The SMILES string of the molecule is N#CC(=Cc1ccc(-c2ccc(Cl)cc2)o1)c1ccc(C#N)cc1. The van der Waals surface area contributed by atoms with Crippen LogP contribution in [0.1, 0.15) is 16.9 Å². The van der Waals surface area contributed by atoms with Crippen LogP contribution in [0.2, 0.25) is 5.02 Å². The number of hydrogen-bond donors (Lipinski definition) is 0. The summed E-state index contributed by atoms with van der Waals surface area (Å²) >= 11 is 5.89. The molecular weight excluding hydrogens is 320 g/mol. The predicted molar refractivity (Wildman–Crippen MR) is 93.8 cm³/mol. The molecule has 2 aromatic carbocycles. The summed E-state index contributed by atoms with van der Waals surface area (Å²) in [6, 6.07) is 22.1. The Labute approximate surface area is 144 Å². The normalized spacial score (nSPS) is 10.9. The molecule has 0 aliphatic heterocycles. The lowest BCUT2D eigenvalue weighted by Crippen LogP contribution is -1.82. The highest BCUT2D eigenvalue weighted by Gasteiger charge is 2.06. The van der Waals surface area contributed by atoms with E-state index in [9.17, 15) is 5.26 Å². The maximum absolute atomic E-state index is 9.38. The summed E-state index contributed by atoms with van der Waals surface area (Å²) in [5, 5.41) is 18.9. The highest BCUT2D eigenvalue weighted by molar-refractivity contribution is 6.30. The van der Waals surface area contributed by atoms with Crippen LogP contribution in [0.3, 0.4) is 0 Å². The van der Waals surface area contributed by atoms with Crippen LogP contribution in [0.5, 0.6) is 0 Å². The van der Waals surface area contributed by atoms with E-state index in [-0.39, 0.29) is 0 Å². The summed E-state index contributed by atoms with van der Waals surface area (Å²) in [5.74, 6) is 1.29. The lowest BCUT2D eigenvalue weighted by Gasteiger charge is -1.99. The second-order valence-corrected chi connectivity index (χ2v) is 5.50. The fraction of sp³-hybridized carbons (Fsp3) is 0. The maximum Gasteiger partial charge on any atom is 0.134 e. The number of benzene rings is 2. The molecule has 3 nitrogen and oxygen atoms in total. The molecule has 3 aromatic rings. The second-order valence-electron chi connectivity index (χ2n) is 5.07. The van der Waals surface area contributed by atoms with Gasteiger partial charge in [-0.2, -0.15) is 10.5 Å². The number of halogens is 1. The van der Waals surface area contributed by atoms with Gasteiger partial charge in [0.15, 0.2) is 0 Å². The molecule has 0 aliphatic rings. The predicted octanol–water partition coefficient (Wildman–Crippen LogP) is 5.54. The van der Waals surface area contributed by atoms with E-state index in [1.807, 2.05) is 24.3 Å². The molecule has 0 radical (unpaired) electrons. The molecule has 0 N–H and O–H groups in total. The summed E-state index contributed by atoms with van der Waals surface area (Å²) in [6.07, 6.45) is 1.68. The van der Waals surface area contributed by atoms with E-state index in [0.717, 1.165) is 11.1 Å². The van der Waals surface area contributed by atoms with Crippen molar-refractivity contribution in [3.8, 4) is 23.5 Å². The Bertz CT molecular complexity index is 968. The average molecular weight is 331 g/mol. The van der Waals surface area contributed by atoms with E-state index in [2.05, 4.69) is 12.1 Å². The van der Waals surface area contributed by atoms with Gasteiger partial charge in [0, 0.05) is 10.6 Å². The highest BCUT2D eigenvalue weighted by Crippen LogP contribution is 2.26. The Morgan fingerprint density at radius 2 is 1.62 bits per heavy atom. The largest absolute Gasteiger partial charge is 0.457 e. The molecule has 0 atom stereocenters. The molecule has 3 rings (SSSR count). The van der Waals surface area contributed by atoms with Crippen LogP contribution in [-0.2, 0) is 0 Å². The third kappa shape index (κ3) is 3.38. The second kappa shape index (κ2) is 6.87. The first-order chi connectivity index (χ1) is 11.7. The fourth-order valence-electron chi connectivity index (χ4n) is 2.25. The highest BCUT2D eigenvalue weighted by atomic mass is 35.5. The summed E-state index contributed by atoms with van der Waals surface area (Å²) < 4.78 is 5.79. The first-order valence-electron chi connectivity index (χ1n) is 7.18. The van der Waals surface area contributed by atoms with E-state index in [1.54, 1.807) is 42.5 Å². The number of allylic oxidation sites excluding steroid dienone is 1. The van der Waals surface area contributed by atoms with Crippen LogP contribution in [0, 0.1) is 22.7 Å². The van der Waals surface area contributed by atoms with Gasteiger partial charge in [0.1, 0.15) is 11.5 Å². The van der Waals surface area contributed by atoms with Gasteiger partial charge < -0.3 is 4.42 Å². The molecule has 114 valence electrons. The molecular formula is C20H11ClN2O. The summed E-state index contributed by atoms with van der Waals surface area (Å²) in [5.41, 5.74) is 2.67. The summed E-state index contributed by atoms with van der Waals surface area (Å²) in [6.45, 7) is 0. The van der Waals surface area contributed by atoms with Gasteiger partial charge in [-0.25, -0.2) is 0 Å². The van der Waals surface area contributed by atoms with Gasteiger partial charge in [-0.3, -0.25) is 0 Å². The van der Waals surface area contributed by atoms with Crippen molar-refractivity contribution < 1.29 is 4.42 Å². The molecule has 0 spiro atoms. The van der Waals surface area contributed by atoms with Crippen LogP contribution in [0.25, 0.3) is 23.0 Å². The molecule has 0 fully saturated rings. The monoisotopic (exact) mass is 330 g/mol. The fourth-order valence-corrected chi connectivity index (χ4v) is 2.37. The van der Waals surface area contributed by atoms with Gasteiger partial charge in [0.25, 0.3) is 0 Å². The number of nitriles is 2. The quantitative estimate of drug-likeness (QED) is 0.593. The minimum Gasteiger partial charge on any atom is -0.457 e. The standard InChI is InChI=1S/C20H11ClN2O/c21-18-7-5-16(6-8-18)20-10-9-19(24-20)11-17(13-23)15-3-1-14(12-22)2-4-15/h1-11H. The Balaban J connectivity index is 1.90. The Kier molecular flexibility index (Phi) is 4.47. The minimum absolute atomic E-state index is 0.469. The van der Waals surface area contributed by atoms with Gasteiger partial charge in [-0.05, 0) is 60.2 Å². The van der Waals surface area contributed by atoms with Crippen molar-refractivity contribution in [2.75, 3.05) is 0 Å². The van der Waals surface area contributed by atoms with Crippen LogP contribution in [-0.4, -0.2) is 0 Å². The van der Waals surface area contributed by atoms with E-state index in [4.69, 9.17) is 21.3 Å². The van der Waals surface area contributed by atoms with E-state index < -0.39 is 0 Å². The van der Waals surface area contributed by atoms with Crippen molar-refractivity contribution >= 4 is 23.3 Å². The van der Waals surface area contributed by atoms with Gasteiger partial charge in [0.2, 0.25) is 0 Å². The number of furan rings is 1. The first-order valence-corrected chi connectivity index (χ1v) is 7.55. The zero-order chi connectivity index (χ0) is 16.9. The van der Waals surface area contributed by atoms with Crippen molar-refractivity contribution in [3.05, 3.63) is 82.6 Å². The first kappa shape index (κ1) is 15.6. The molecule has 0 aliphatic carbocycles. The minimum atomic E-state index is 0.469. The van der Waals surface area contributed by atoms with Crippen molar-refractivity contribution in [1.29, 1.82) is 10.5 Å². The van der Waals surface area contributed by atoms with Gasteiger partial charge in [-0.15, -0.1) is 0 Å². The van der Waals surface area contributed by atoms with Crippen molar-refractivity contribution in [2.45, 2.75) is 0 Å². The van der Waals surface area contributed by atoms with Crippen LogP contribution in [0.4, 0.5) is 0 Å². The molecule has 0 unspecified atom stereocenters. The smallest absolute Gasteiger partial charge is 0.134 e. The van der Waals surface area contributed by atoms with Crippen molar-refractivity contribution in [3.63, 3.8) is 0 Å². The molecule has 24 heavy (non-hydrogen) atoms. The average Bonchev–Trinajstić information content (AvgIpc) is 3.09. The number of hydrogen-bond acceptors (Lipinski definition) is 3. The van der Waals surface area contributed by atoms with E-state index >= 15 is 0 Å². The van der Waals surface area contributed by atoms with Crippen LogP contribution < -0.4 is 0 Å².